The third-order valence-corrected chi connectivity index (χ3v) is 4.30. The lowest BCUT2D eigenvalue weighted by Gasteiger charge is -2.16. The van der Waals surface area contributed by atoms with Crippen molar-refractivity contribution in [1.29, 1.82) is 0 Å². The zero-order chi connectivity index (χ0) is 15.5. The van der Waals surface area contributed by atoms with E-state index in [-0.39, 0.29) is 6.04 Å². The molecule has 2 aromatic rings. The predicted octanol–water partition coefficient (Wildman–Crippen LogP) is 4.04. The first-order valence-electron chi connectivity index (χ1n) is 6.25. The molecule has 3 N–H and O–H groups in total. The SMILES string of the molecule is NNC(Cc1cccc(C(F)(F)F)c1)Cc1ccc(Cl)s1. The van der Waals surface area contributed by atoms with Gasteiger partial charge < -0.3 is 0 Å². The molecule has 0 fully saturated rings. The Hall–Kier alpha value is -1.08. The molecule has 1 aromatic carbocycles. The first-order valence-corrected chi connectivity index (χ1v) is 7.44. The maximum atomic E-state index is 12.7. The van der Waals surface area contributed by atoms with E-state index in [1.165, 1.54) is 17.4 Å². The summed E-state index contributed by atoms with van der Waals surface area (Å²) in [5.74, 6) is 5.50. The number of hydrogen-bond acceptors (Lipinski definition) is 3. The topological polar surface area (TPSA) is 38.0 Å². The molecule has 2 nitrogen and oxygen atoms in total. The summed E-state index contributed by atoms with van der Waals surface area (Å²) in [6.45, 7) is 0. The minimum Gasteiger partial charge on any atom is -0.271 e. The van der Waals surface area contributed by atoms with E-state index in [0.29, 0.717) is 22.7 Å². The molecule has 0 amide bonds. The number of benzene rings is 1. The Morgan fingerprint density at radius 2 is 1.95 bits per heavy atom. The summed E-state index contributed by atoms with van der Waals surface area (Å²) in [5.41, 5.74) is 2.60. The highest BCUT2D eigenvalue weighted by Gasteiger charge is 2.30. The maximum absolute atomic E-state index is 12.7. The average Bonchev–Trinajstić information content (AvgIpc) is 2.83. The van der Waals surface area contributed by atoms with Crippen LogP contribution in [0.4, 0.5) is 13.2 Å². The molecule has 0 bridgehead atoms. The number of hydrazine groups is 1. The minimum absolute atomic E-state index is 0.150. The van der Waals surface area contributed by atoms with Crippen LogP contribution in [0, 0.1) is 0 Å². The van der Waals surface area contributed by atoms with E-state index in [9.17, 15) is 13.2 Å². The minimum atomic E-state index is -4.33. The Balaban J connectivity index is 2.08. The molecule has 0 aliphatic carbocycles. The van der Waals surface area contributed by atoms with Crippen LogP contribution in [0.2, 0.25) is 4.34 Å². The van der Waals surface area contributed by atoms with Crippen LogP contribution in [-0.2, 0) is 19.0 Å². The molecule has 1 aromatic heterocycles. The highest BCUT2D eigenvalue weighted by atomic mass is 35.5. The van der Waals surface area contributed by atoms with Crippen LogP contribution in [0.25, 0.3) is 0 Å². The van der Waals surface area contributed by atoms with Crippen molar-refractivity contribution in [1.82, 2.24) is 5.43 Å². The zero-order valence-corrected chi connectivity index (χ0v) is 12.5. The highest BCUT2D eigenvalue weighted by Crippen LogP contribution is 2.30. The summed E-state index contributed by atoms with van der Waals surface area (Å²) < 4.78 is 38.7. The van der Waals surface area contributed by atoms with Gasteiger partial charge in [-0.2, -0.15) is 13.2 Å². The molecule has 0 saturated heterocycles. The van der Waals surface area contributed by atoms with Crippen molar-refractivity contribution in [3.63, 3.8) is 0 Å². The normalized spacial score (nSPS) is 13.4. The van der Waals surface area contributed by atoms with Gasteiger partial charge in [-0.15, -0.1) is 11.3 Å². The second-order valence-corrected chi connectivity index (χ2v) is 6.48. The fraction of sp³-hybridized carbons (Fsp3) is 0.286. The Labute approximate surface area is 129 Å². The molecule has 1 unspecified atom stereocenters. The number of hydrogen-bond donors (Lipinski definition) is 2. The van der Waals surface area contributed by atoms with Gasteiger partial charge in [0.2, 0.25) is 0 Å². The van der Waals surface area contributed by atoms with Gasteiger partial charge in [-0.3, -0.25) is 11.3 Å². The summed E-state index contributed by atoms with van der Waals surface area (Å²) in [6, 6.07) is 8.83. The van der Waals surface area contributed by atoms with Crippen LogP contribution in [0.3, 0.4) is 0 Å². The number of nitrogens with two attached hydrogens (primary N) is 1. The first kappa shape index (κ1) is 16.3. The first-order chi connectivity index (χ1) is 9.88. The van der Waals surface area contributed by atoms with E-state index in [4.69, 9.17) is 17.4 Å². The van der Waals surface area contributed by atoms with Crippen molar-refractivity contribution >= 4 is 22.9 Å². The lowest BCUT2D eigenvalue weighted by molar-refractivity contribution is -0.137. The van der Waals surface area contributed by atoms with Gasteiger partial charge in [0.05, 0.1) is 9.90 Å². The number of alkyl halides is 3. The monoisotopic (exact) mass is 334 g/mol. The fourth-order valence-corrected chi connectivity index (χ4v) is 3.22. The van der Waals surface area contributed by atoms with Crippen LogP contribution in [0.5, 0.6) is 0 Å². The molecule has 7 heteroatoms. The average molecular weight is 335 g/mol. The standard InChI is InChI=1S/C14H14ClF3N2S/c15-13-5-4-12(21-13)8-11(20-19)7-9-2-1-3-10(6-9)14(16,17)18/h1-6,11,20H,7-8,19H2. The van der Waals surface area contributed by atoms with Crippen molar-refractivity contribution in [2.75, 3.05) is 0 Å². The molecule has 1 atom stereocenters. The van der Waals surface area contributed by atoms with E-state index >= 15 is 0 Å². The Kier molecular flexibility index (Phi) is 5.27. The van der Waals surface area contributed by atoms with E-state index in [1.54, 1.807) is 12.1 Å². The van der Waals surface area contributed by atoms with Gasteiger partial charge in [0.15, 0.2) is 0 Å². The van der Waals surface area contributed by atoms with Crippen LogP contribution >= 0.6 is 22.9 Å². The number of thiophene rings is 1. The van der Waals surface area contributed by atoms with E-state index in [1.807, 2.05) is 6.07 Å². The second kappa shape index (κ2) is 6.79. The van der Waals surface area contributed by atoms with Gasteiger partial charge >= 0.3 is 6.18 Å². The molecule has 2 rings (SSSR count). The molecule has 0 radical (unpaired) electrons. The Morgan fingerprint density at radius 3 is 2.52 bits per heavy atom. The molecule has 0 saturated carbocycles. The maximum Gasteiger partial charge on any atom is 0.416 e. The number of halogens is 4. The molecule has 0 aliphatic heterocycles. The third kappa shape index (κ3) is 4.71. The number of nitrogens with one attached hydrogen (secondary N) is 1. The predicted molar refractivity (Wildman–Crippen MR) is 79.3 cm³/mol. The fourth-order valence-electron chi connectivity index (χ4n) is 2.05. The largest absolute Gasteiger partial charge is 0.416 e. The Bertz CT molecular complexity index is 598. The smallest absolute Gasteiger partial charge is 0.271 e. The van der Waals surface area contributed by atoms with Gasteiger partial charge in [0.25, 0.3) is 0 Å². The summed E-state index contributed by atoms with van der Waals surface area (Å²) in [5, 5.41) is 0. The van der Waals surface area contributed by atoms with Crippen LogP contribution in [0.15, 0.2) is 36.4 Å². The van der Waals surface area contributed by atoms with E-state index in [2.05, 4.69) is 5.43 Å². The summed E-state index contributed by atoms with van der Waals surface area (Å²) in [4.78, 5) is 1.04. The van der Waals surface area contributed by atoms with Crippen molar-refractivity contribution in [3.05, 3.63) is 56.7 Å². The molecule has 1 heterocycles. The quantitative estimate of drug-likeness (QED) is 0.640. The van der Waals surface area contributed by atoms with E-state index < -0.39 is 11.7 Å². The van der Waals surface area contributed by atoms with Crippen LogP contribution in [-0.4, -0.2) is 6.04 Å². The van der Waals surface area contributed by atoms with Gasteiger partial charge in [-0.05, 0) is 36.6 Å². The van der Waals surface area contributed by atoms with Crippen LogP contribution < -0.4 is 11.3 Å². The van der Waals surface area contributed by atoms with E-state index in [0.717, 1.165) is 17.0 Å². The zero-order valence-electron chi connectivity index (χ0n) is 11.0. The molecular formula is C14H14ClF3N2S. The molecule has 114 valence electrons. The second-order valence-electron chi connectivity index (χ2n) is 4.68. The van der Waals surface area contributed by atoms with Gasteiger partial charge in [-0.25, -0.2) is 0 Å². The van der Waals surface area contributed by atoms with Crippen molar-refractivity contribution in [2.45, 2.75) is 25.1 Å². The lowest BCUT2D eigenvalue weighted by Crippen LogP contribution is -2.38. The highest BCUT2D eigenvalue weighted by molar-refractivity contribution is 7.16. The number of rotatable bonds is 5. The van der Waals surface area contributed by atoms with Crippen molar-refractivity contribution < 1.29 is 13.2 Å². The Morgan fingerprint density at radius 1 is 1.19 bits per heavy atom. The van der Waals surface area contributed by atoms with Crippen molar-refractivity contribution in [3.8, 4) is 0 Å². The molecule has 0 spiro atoms. The summed E-state index contributed by atoms with van der Waals surface area (Å²) >= 11 is 7.30. The van der Waals surface area contributed by atoms with Crippen molar-refractivity contribution in [2.24, 2.45) is 5.84 Å². The summed E-state index contributed by atoms with van der Waals surface area (Å²) in [6.07, 6.45) is -3.30. The summed E-state index contributed by atoms with van der Waals surface area (Å²) in [7, 11) is 0. The molecule has 21 heavy (non-hydrogen) atoms. The molecular weight excluding hydrogens is 321 g/mol. The lowest BCUT2D eigenvalue weighted by atomic mass is 10.0. The third-order valence-electron chi connectivity index (χ3n) is 3.05. The van der Waals surface area contributed by atoms with Gasteiger partial charge in [0, 0.05) is 10.9 Å². The molecule has 0 aliphatic rings. The van der Waals surface area contributed by atoms with Crippen LogP contribution in [0.1, 0.15) is 16.0 Å². The van der Waals surface area contributed by atoms with Gasteiger partial charge in [0.1, 0.15) is 0 Å². The van der Waals surface area contributed by atoms with Gasteiger partial charge in [-0.1, -0.05) is 29.8 Å².